The third-order valence-electron chi connectivity index (χ3n) is 6.91. The van der Waals surface area contributed by atoms with Crippen LogP contribution in [-0.2, 0) is 16.1 Å². The number of nitrogens with one attached hydrogen (secondary N) is 1. The van der Waals surface area contributed by atoms with Crippen molar-refractivity contribution in [3.8, 4) is 11.5 Å². The highest BCUT2D eigenvalue weighted by molar-refractivity contribution is 6.00. The van der Waals surface area contributed by atoms with E-state index in [-0.39, 0.29) is 17.9 Å². The second-order valence-electron chi connectivity index (χ2n) is 8.98. The van der Waals surface area contributed by atoms with Crippen molar-refractivity contribution < 1.29 is 23.8 Å². The third kappa shape index (κ3) is 5.36. The van der Waals surface area contributed by atoms with Crippen molar-refractivity contribution in [1.82, 2.24) is 10.2 Å². The molecule has 0 aromatic heterocycles. The van der Waals surface area contributed by atoms with Gasteiger partial charge in [-0.05, 0) is 55.0 Å². The number of hydrogen-bond donors (Lipinski definition) is 1. The van der Waals surface area contributed by atoms with Crippen molar-refractivity contribution in [1.29, 1.82) is 0 Å². The van der Waals surface area contributed by atoms with Crippen molar-refractivity contribution in [3.63, 3.8) is 0 Å². The predicted molar refractivity (Wildman–Crippen MR) is 129 cm³/mol. The average molecular weight is 467 g/mol. The van der Waals surface area contributed by atoms with Crippen LogP contribution < -0.4 is 14.8 Å². The Morgan fingerprint density at radius 2 is 1.76 bits per heavy atom. The molecule has 7 nitrogen and oxygen atoms in total. The fraction of sp³-hybridized carbons (Fsp3) is 0.481. The molecule has 1 saturated heterocycles. The quantitative estimate of drug-likeness (QED) is 0.569. The van der Waals surface area contributed by atoms with E-state index in [9.17, 15) is 9.59 Å². The number of rotatable bonds is 9. The Balaban J connectivity index is 1.45. The van der Waals surface area contributed by atoms with Gasteiger partial charge in [-0.1, -0.05) is 37.1 Å². The minimum absolute atomic E-state index is 0.0990. The van der Waals surface area contributed by atoms with Gasteiger partial charge in [0.25, 0.3) is 5.91 Å². The topological polar surface area (TPSA) is 77.1 Å². The summed E-state index contributed by atoms with van der Waals surface area (Å²) in [6.07, 6.45) is 4.97. The summed E-state index contributed by atoms with van der Waals surface area (Å²) in [5.41, 5.74) is 1.49. The van der Waals surface area contributed by atoms with Gasteiger partial charge in [-0.2, -0.15) is 0 Å². The van der Waals surface area contributed by atoms with Crippen molar-refractivity contribution in [2.45, 2.75) is 50.7 Å². The van der Waals surface area contributed by atoms with Crippen LogP contribution in [0.2, 0.25) is 0 Å². The van der Waals surface area contributed by atoms with E-state index in [1.807, 2.05) is 41.3 Å². The molecule has 1 saturated carbocycles. The van der Waals surface area contributed by atoms with Crippen molar-refractivity contribution in [3.05, 3.63) is 59.7 Å². The molecule has 7 heteroatoms. The van der Waals surface area contributed by atoms with Crippen LogP contribution in [0.25, 0.3) is 0 Å². The Morgan fingerprint density at radius 3 is 2.53 bits per heavy atom. The lowest BCUT2D eigenvalue weighted by atomic mass is 9.84. The van der Waals surface area contributed by atoms with Crippen molar-refractivity contribution in [2.75, 3.05) is 27.4 Å². The van der Waals surface area contributed by atoms with Crippen LogP contribution in [0, 0.1) is 5.92 Å². The molecule has 1 heterocycles. The van der Waals surface area contributed by atoms with E-state index in [1.54, 1.807) is 26.4 Å². The monoisotopic (exact) mass is 466 g/mol. The second-order valence-corrected chi connectivity index (χ2v) is 8.98. The number of benzene rings is 2. The highest BCUT2D eigenvalue weighted by Crippen LogP contribution is 2.41. The zero-order valence-corrected chi connectivity index (χ0v) is 20.0. The van der Waals surface area contributed by atoms with Crippen LogP contribution in [0.3, 0.4) is 0 Å². The first-order valence-corrected chi connectivity index (χ1v) is 12.1. The Bertz CT molecular complexity index is 977. The summed E-state index contributed by atoms with van der Waals surface area (Å²) in [6.45, 7) is 1.43. The standard InChI is InChI=1S/C27H34N2O5/c1-32-15-16-34-21-13-11-19(12-14-21)18-28-26(30)24-17-20-7-3-5-9-23(20)29(24)27(31)22-8-4-6-10-25(22)33-2/h4,6,8,10-14,20,23-24H,3,5,7,9,15-18H2,1-2H3,(H,28,30). The highest BCUT2D eigenvalue weighted by atomic mass is 16.5. The maximum Gasteiger partial charge on any atom is 0.258 e. The number of hydrogen-bond acceptors (Lipinski definition) is 5. The molecule has 4 rings (SSSR count). The van der Waals surface area contributed by atoms with Gasteiger partial charge in [0.2, 0.25) is 5.91 Å². The van der Waals surface area contributed by atoms with Crippen LogP contribution in [0.4, 0.5) is 0 Å². The van der Waals surface area contributed by atoms with Crippen LogP contribution >= 0.6 is 0 Å². The molecule has 2 aromatic rings. The Kier molecular flexibility index (Phi) is 8.06. The Morgan fingerprint density at radius 1 is 1.00 bits per heavy atom. The SMILES string of the molecule is COCCOc1ccc(CNC(=O)C2CC3CCCCC3N2C(=O)c2ccccc2OC)cc1. The molecule has 3 unspecified atom stereocenters. The molecule has 0 radical (unpaired) electrons. The number of carbonyl (C=O) groups excluding carboxylic acids is 2. The molecule has 182 valence electrons. The molecular weight excluding hydrogens is 432 g/mol. The predicted octanol–water partition coefficient (Wildman–Crippen LogP) is 3.81. The van der Waals surface area contributed by atoms with Crippen molar-refractivity contribution >= 4 is 11.8 Å². The van der Waals surface area contributed by atoms with E-state index in [0.717, 1.165) is 37.0 Å². The van der Waals surface area contributed by atoms with Crippen LogP contribution in [0.5, 0.6) is 11.5 Å². The zero-order valence-electron chi connectivity index (χ0n) is 20.0. The third-order valence-corrected chi connectivity index (χ3v) is 6.91. The van der Waals surface area contributed by atoms with E-state index in [4.69, 9.17) is 14.2 Å². The van der Waals surface area contributed by atoms with Crippen LogP contribution in [-0.4, -0.2) is 56.2 Å². The van der Waals surface area contributed by atoms with Crippen LogP contribution in [0.1, 0.15) is 48.0 Å². The van der Waals surface area contributed by atoms with Crippen LogP contribution in [0.15, 0.2) is 48.5 Å². The number of amides is 2. The maximum absolute atomic E-state index is 13.7. The summed E-state index contributed by atoms with van der Waals surface area (Å²) in [4.78, 5) is 28.8. The lowest BCUT2D eigenvalue weighted by molar-refractivity contribution is -0.125. The Hall–Kier alpha value is -3.06. The summed E-state index contributed by atoms with van der Waals surface area (Å²) in [7, 11) is 3.21. The Labute approximate surface area is 201 Å². The number of carbonyl (C=O) groups is 2. The van der Waals surface area contributed by atoms with E-state index in [0.29, 0.717) is 43.4 Å². The fourth-order valence-corrected chi connectivity index (χ4v) is 5.20. The molecule has 2 amide bonds. The lowest BCUT2D eigenvalue weighted by Gasteiger charge is -2.34. The van der Waals surface area contributed by atoms with Gasteiger partial charge in [0.1, 0.15) is 24.1 Å². The molecular formula is C27H34N2O5. The molecule has 0 bridgehead atoms. The first kappa shape index (κ1) is 24.1. The second kappa shape index (κ2) is 11.4. The van der Waals surface area contributed by atoms with Crippen molar-refractivity contribution in [2.24, 2.45) is 5.92 Å². The number of fused-ring (bicyclic) bond motifs is 1. The van der Waals surface area contributed by atoms with E-state index >= 15 is 0 Å². The van der Waals surface area contributed by atoms with Gasteiger partial charge < -0.3 is 24.4 Å². The normalized spacial score (nSPS) is 21.6. The molecule has 2 fully saturated rings. The van der Waals surface area contributed by atoms with Gasteiger partial charge in [-0.25, -0.2) is 0 Å². The van der Waals surface area contributed by atoms with Gasteiger partial charge in [0, 0.05) is 19.7 Å². The molecule has 0 spiro atoms. The van der Waals surface area contributed by atoms with Gasteiger partial charge in [-0.15, -0.1) is 0 Å². The number of para-hydroxylation sites is 1. The van der Waals surface area contributed by atoms with Gasteiger partial charge in [-0.3, -0.25) is 9.59 Å². The first-order chi connectivity index (χ1) is 16.6. The van der Waals surface area contributed by atoms with E-state index in [1.165, 1.54) is 0 Å². The summed E-state index contributed by atoms with van der Waals surface area (Å²) >= 11 is 0. The fourth-order valence-electron chi connectivity index (χ4n) is 5.20. The summed E-state index contributed by atoms with van der Waals surface area (Å²) in [5, 5.41) is 3.06. The first-order valence-electron chi connectivity index (χ1n) is 12.1. The largest absolute Gasteiger partial charge is 0.496 e. The summed E-state index contributed by atoms with van der Waals surface area (Å²) < 4.78 is 16.0. The average Bonchev–Trinajstić information content (AvgIpc) is 3.27. The molecule has 2 aromatic carbocycles. The molecule has 34 heavy (non-hydrogen) atoms. The summed E-state index contributed by atoms with van der Waals surface area (Å²) in [6, 6.07) is 14.5. The maximum atomic E-state index is 13.7. The minimum atomic E-state index is -0.470. The lowest BCUT2D eigenvalue weighted by Crippen LogP contribution is -2.49. The number of methoxy groups -OCH3 is 2. The number of nitrogens with zero attached hydrogens (tertiary/aromatic N) is 1. The van der Waals surface area contributed by atoms with E-state index < -0.39 is 6.04 Å². The molecule has 1 aliphatic carbocycles. The van der Waals surface area contributed by atoms with Gasteiger partial charge in [0.05, 0.1) is 19.3 Å². The smallest absolute Gasteiger partial charge is 0.258 e. The minimum Gasteiger partial charge on any atom is -0.496 e. The highest BCUT2D eigenvalue weighted by Gasteiger charge is 2.47. The van der Waals surface area contributed by atoms with Gasteiger partial charge >= 0.3 is 0 Å². The zero-order chi connectivity index (χ0) is 23.9. The molecule has 1 N–H and O–H groups in total. The summed E-state index contributed by atoms with van der Waals surface area (Å²) in [5.74, 6) is 1.45. The molecule has 1 aliphatic heterocycles. The van der Waals surface area contributed by atoms with E-state index in [2.05, 4.69) is 5.32 Å². The van der Waals surface area contributed by atoms with Gasteiger partial charge in [0.15, 0.2) is 0 Å². The molecule has 2 aliphatic rings. The number of ether oxygens (including phenoxy) is 3. The molecule has 3 atom stereocenters. The number of likely N-dealkylation sites (tertiary alicyclic amines) is 1.